The molecule has 1 aromatic rings. The van der Waals surface area contributed by atoms with Gasteiger partial charge in [-0.1, -0.05) is 20.8 Å². The molecule has 6 nitrogen and oxygen atoms in total. The number of methoxy groups -OCH3 is 2. The normalized spacial score (nSPS) is 18.8. The molecule has 1 aliphatic heterocycles. The van der Waals surface area contributed by atoms with Crippen LogP contribution >= 0.6 is 0 Å². The molecule has 2 atom stereocenters. The van der Waals surface area contributed by atoms with Crippen LogP contribution in [0.4, 0.5) is 5.69 Å². The molecule has 1 aliphatic rings. The second-order valence-corrected chi connectivity index (χ2v) is 7.76. The first-order chi connectivity index (χ1) is 11.7. The van der Waals surface area contributed by atoms with Gasteiger partial charge in [-0.3, -0.25) is 4.79 Å². The maximum Gasteiger partial charge on any atom is 0.237 e. The summed E-state index contributed by atoms with van der Waals surface area (Å²) in [6.07, 6.45) is 1.03. The first kappa shape index (κ1) is 19.4. The Morgan fingerprint density at radius 1 is 1.28 bits per heavy atom. The highest BCUT2D eigenvalue weighted by Crippen LogP contribution is 2.31. The quantitative estimate of drug-likeness (QED) is 0.822. The van der Waals surface area contributed by atoms with Crippen LogP contribution in [0.15, 0.2) is 18.2 Å². The van der Waals surface area contributed by atoms with Gasteiger partial charge in [-0.25, -0.2) is 0 Å². The lowest BCUT2D eigenvalue weighted by atomic mass is 9.87. The smallest absolute Gasteiger partial charge is 0.237 e. The van der Waals surface area contributed by atoms with Crippen LogP contribution in [0, 0.1) is 11.3 Å². The van der Waals surface area contributed by atoms with Crippen molar-refractivity contribution in [2.75, 3.05) is 38.8 Å². The molecule has 2 rings (SSSR count). The lowest BCUT2D eigenvalue weighted by Gasteiger charge is -2.26. The van der Waals surface area contributed by atoms with Crippen LogP contribution in [0.3, 0.4) is 0 Å². The molecule has 0 bridgehead atoms. The zero-order chi connectivity index (χ0) is 18.6. The maximum atomic E-state index is 12.2. The fraction of sp³-hybridized carbons (Fsp3) is 0.632. The van der Waals surface area contributed by atoms with Crippen molar-refractivity contribution >= 4 is 11.6 Å². The fourth-order valence-corrected chi connectivity index (χ4v) is 2.96. The molecule has 0 saturated carbocycles. The van der Waals surface area contributed by atoms with E-state index >= 15 is 0 Å². The number of hydrogen-bond acceptors (Lipinski definition) is 5. The van der Waals surface area contributed by atoms with E-state index in [0.29, 0.717) is 12.5 Å². The van der Waals surface area contributed by atoms with Crippen molar-refractivity contribution < 1.29 is 14.3 Å². The van der Waals surface area contributed by atoms with Crippen LogP contribution in [0.1, 0.15) is 27.2 Å². The van der Waals surface area contributed by atoms with E-state index in [9.17, 15) is 4.79 Å². The summed E-state index contributed by atoms with van der Waals surface area (Å²) in [6.45, 7) is 8.42. The highest BCUT2D eigenvalue weighted by Gasteiger charge is 2.29. The summed E-state index contributed by atoms with van der Waals surface area (Å²) in [4.78, 5) is 14.5. The summed E-state index contributed by atoms with van der Waals surface area (Å²) < 4.78 is 10.7. The monoisotopic (exact) mass is 349 g/mol. The van der Waals surface area contributed by atoms with E-state index in [1.165, 1.54) is 0 Å². The molecule has 1 amide bonds. The zero-order valence-corrected chi connectivity index (χ0v) is 16.0. The van der Waals surface area contributed by atoms with Crippen molar-refractivity contribution in [3.63, 3.8) is 0 Å². The minimum Gasteiger partial charge on any atom is -0.497 e. The first-order valence-corrected chi connectivity index (χ1v) is 8.76. The van der Waals surface area contributed by atoms with E-state index in [4.69, 9.17) is 15.2 Å². The van der Waals surface area contributed by atoms with Gasteiger partial charge in [0.2, 0.25) is 5.91 Å². The molecule has 1 unspecified atom stereocenters. The van der Waals surface area contributed by atoms with Gasteiger partial charge in [0.1, 0.15) is 11.5 Å². The predicted molar refractivity (Wildman–Crippen MR) is 100 cm³/mol. The van der Waals surface area contributed by atoms with Gasteiger partial charge >= 0.3 is 0 Å². The number of amides is 1. The van der Waals surface area contributed by atoms with Gasteiger partial charge in [-0.2, -0.15) is 0 Å². The second-order valence-electron chi connectivity index (χ2n) is 7.76. The fourth-order valence-electron chi connectivity index (χ4n) is 2.96. The van der Waals surface area contributed by atoms with E-state index in [1.807, 2.05) is 39.0 Å². The molecular weight excluding hydrogens is 318 g/mol. The lowest BCUT2D eigenvalue weighted by molar-refractivity contribution is -0.124. The van der Waals surface area contributed by atoms with Crippen LogP contribution in [-0.4, -0.2) is 45.8 Å². The van der Waals surface area contributed by atoms with Gasteiger partial charge in [0, 0.05) is 43.5 Å². The summed E-state index contributed by atoms with van der Waals surface area (Å²) >= 11 is 0. The van der Waals surface area contributed by atoms with E-state index in [-0.39, 0.29) is 11.3 Å². The van der Waals surface area contributed by atoms with Crippen LogP contribution in [0.2, 0.25) is 0 Å². The highest BCUT2D eigenvalue weighted by molar-refractivity contribution is 5.82. The van der Waals surface area contributed by atoms with Crippen LogP contribution in [0.5, 0.6) is 11.5 Å². The Morgan fingerprint density at radius 3 is 2.40 bits per heavy atom. The van der Waals surface area contributed by atoms with Gasteiger partial charge in [0.05, 0.1) is 20.3 Å². The average Bonchev–Trinajstić information content (AvgIpc) is 3.06. The summed E-state index contributed by atoms with van der Waals surface area (Å²) in [5, 5.41) is 3.01. The molecule has 1 fully saturated rings. The highest BCUT2D eigenvalue weighted by atomic mass is 16.5. The van der Waals surface area contributed by atoms with E-state index in [2.05, 4.69) is 10.2 Å². The second kappa shape index (κ2) is 7.95. The molecule has 6 heteroatoms. The van der Waals surface area contributed by atoms with Gasteiger partial charge in [-0.05, 0) is 17.8 Å². The number of carbonyl (C=O) groups excluding carboxylic acids is 1. The third-order valence-electron chi connectivity index (χ3n) is 4.77. The molecule has 0 aliphatic carbocycles. The predicted octanol–water partition coefficient (Wildman–Crippen LogP) is 2.02. The minimum absolute atomic E-state index is 0.0750. The summed E-state index contributed by atoms with van der Waals surface area (Å²) in [7, 11) is 3.30. The number of nitrogens with two attached hydrogens (primary N) is 1. The van der Waals surface area contributed by atoms with Gasteiger partial charge in [0.25, 0.3) is 0 Å². The van der Waals surface area contributed by atoms with Gasteiger partial charge < -0.3 is 25.4 Å². The molecule has 0 aromatic heterocycles. The van der Waals surface area contributed by atoms with Crippen molar-refractivity contribution in [2.24, 2.45) is 17.1 Å². The van der Waals surface area contributed by atoms with Crippen molar-refractivity contribution in [2.45, 2.75) is 33.2 Å². The summed E-state index contributed by atoms with van der Waals surface area (Å²) in [6, 6.07) is 5.40. The lowest BCUT2D eigenvalue weighted by Crippen LogP contribution is -2.49. The zero-order valence-electron chi connectivity index (χ0n) is 16.0. The van der Waals surface area contributed by atoms with Gasteiger partial charge in [0.15, 0.2) is 0 Å². The Kier molecular flexibility index (Phi) is 6.16. The molecule has 1 saturated heterocycles. The molecule has 25 heavy (non-hydrogen) atoms. The molecule has 1 heterocycles. The average molecular weight is 349 g/mol. The number of hydrogen-bond donors (Lipinski definition) is 2. The number of benzene rings is 1. The number of rotatable bonds is 6. The third-order valence-corrected chi connectivity index (χ3v) is 4.77. The van der Waals surface area contributed by atoms with Crippen molar-refractivity contribution in [3.05, 3.63) is 18.2 Å². The van der Waals surface area contributed by atoms with Crippen molar-refractivity contribution in [3.8, 4) is 11.5 Å². The molecular formula is C19H31N3O3. The van der Waals surface area contributed by atoms with Crippen molar-refractivity contribution in [1.29, 1.82) is 0 Å². The first-order valence-electron chi connectivity index (χ1n) is 8.76. The van der Waals surface area contributed by atoms with Crippen LogP contribution < -0.4 is 25.4 Å². The van der Waals surface area contributed by atoms with Gasteiger partial charge in [-0.15, -0.1) is 0 Å². The minimum atomic E-state index is -0.493. The number of anilines is 1. The molecule has 1 aromatic carbocycles. The Morgan fingerprint density at radius 2 is 1.88 bits per heavy atom. The van der Waals surface area contributed by atoms with E-state index < -0.39 is 6.04 Å². The Balaban J connectivity index is 1.93. The van der Waals surface area contributed by atoms with E-state index in [1.54, 1.807) is 14.2 Å². The molecule has 3 N–H and O–H groups in total. The maximum absolute atomic E-state index is 12.2. The third kappa shape index (κ3) is 5.01. The standard InChI is InChI=1S/C19H31N3O3/c1-19(2,3)17(20)18(23)21-11-13-6-7-22(12-13)14-8-15(24-4)10-16(9-14)25-5/h8-10,13,17H,6-7,11-12,20H2,1-5H3,(H,21,23)/t13?,17-/m1/s1. The number of carbonyl (C=O) groups is 1. The topological polar surface area (TPSA) is 76.8 Å². The Labute approximate surface area is 150 Å². The van der Waals surface area contributed by atoms with E-state index in [0.717, 1.165) is 36.7 Å². The molecule has 0 radical (unpaired) electrons. The van der Waals surface area contributed by atoms with Crippen LogP contribution in [-0.2, 0) is 4.79 Å². The summed E-state index contributed by atoms with van der Waals surface area (Å²) in [5.74, 6) is 1.90. The largest absolute Gasteiger partial charge is 0.497 e. The van der Waals surface area contributed by atoms with Crippen molar-refractivity contribution in [1.82, 2.24) is 5.32 Å². The molecule has 0 spiro atoms. The molecule has 140 valence electrons. The Bertz CT molecular complexity index is 576. The number of ether oxygens (including phenoxy) is 2. The SMILES string of the molecule is COc1cc(OC)cc(N2CCC(CNC(=O)[C@@H](N)C(C)(C)C)C2)c1. The number of nitrogens with zero attached hydrogens (tertiary/aromatic N) is 1. The summed E-state index contributed by atoms with van der Waals surface area (Å²) in [5.41, 5.74) is 6.86. The van der Waals surface area contributed by atoms with Crippen LogP contribution in [0.25, 0.3) is 0 Å². The Hall–Kier alpha value is -1.95. The number of nitrogens with one attached hydrogen (secondary N) is 1.